The fourth-order valence-electron chi connectivity index (χ4n) is 4.50. The van der Waals surface area contributed by atoms with E-state index in [0.717, 1.165) is 25.0 Å². The Labute approximate surface area is 178 Å². The maximum absolute atomic E-state index is 13.1. The van der Waals surface area contributed by atoms with Crippen molar-refractivity contribution in [1.82, 2.24) is 14.8 Å². The number of rotatable bonds is 5. The van der Waals surface area contributed by atoms with Crippen LogP contribution < -0.4 is 5.32 Å². The van der Waals surface area contributed by atoms with Gasteiger partial charge in [0, 0.05) is 11.9 Å². The van der Waals surface area contributed by atoms with Gasteiger partial charge in [0.15, 0.2) is 5.65 Å². The summed E-state index contributed by atoms with van der Waals surface area (Å²) in [5.41, 5.74) is -3.75. The van der Waals surface area contributed by atoms with Crippen LogP contribution in [0.3, 0.4) is 0 Å². The molecule has 0 bridgehead atoms. The number of hydrogen-bond acceptors (Lipinski definition) is 5. The zero-order valence-electron chi connectivity index (χ0n) is 17.4. The van der Waals surface area contributed by atoms with Crippen molar-refractivity contribution in [2.45, 2.75) is 62.4 Å². The molecule has 1 N–H and O–H groups in total. The van der Waals surface area contributed by atoms with Crippen LogP contribution in [0.4, 0.5) is 18.9 Å². The molecule has 1 fully saturated rings. The molecule has 10 heteroatoms. The number of fused-ring (bicyclic) bond motifs is 2. The van der Waals surface area contributed by atoms with Crippen molar-refractivity contribution < 1.29 is 21.6 Å². The molecule has 168 valence electrons. The Morgan fingerprint density at radius 3 is 2.55 bits per heavy atom. The lowest BCUT2D eigenvalue weighted by Gasteiger charge is -2.28. The SMILES string of the molecule is CCNc1c2cc(S(=O)(=O)C(F)(F)F)ccc2nc2c1cnn2[C@@H](C)C1CCCCC1. The summed E-state index contributed by atoms with van der Waals surface area (Å²) >= 11 is 0. The monoisotopic (exact) mass is 454 g/mol. The van der Waals surface area contributed by atoms with Gasteiger partial charge in [-0.1, -0.05) is 19.3 Å². The number of nitrogens with zero attached hydrogens (tertiary/aromatic N) is 3. The predicted molar refractivity (Wildman–Crippen MR) is 114 cm³/mol. The number of halogens is 3. The second kappa shape index (κ2) is 7.96. The molecule has 0 spiro atoms. The summed E-state index contributed by atoms with van der Waals surface area (Å²) in [6.07, 6.45) is 7.57. The van der Waals surface area contributed by atoms with Gasteiger partial charge in [0.25, 0.3) is 9.84 Å². The van der Waals surface area contributed by atoms with E-state index in [-0.39, 0.29) is 6.04 Å². The van der Waals surface area contributed by atoms with Crippen LogP contribution >= 0.6 is 0 Å². The minimum Gasteiger partial charge on any atom is -0.384 e. The molecule has 6 nitrogen and oxygen atoms in total. The van der Waals surface area contributed by atoms with Crippen LogP contribution in [0.1, 0.15) is 52.0 Å². The van der Waals surface area contributed by atoms with Crippen molar-refractivity contribution in [3.8, 4) is 0 Å². The first-order valence-electron chi connectivity index (χ1n) is 10.5. The third-order valence-electron chi connectivity index (χ3n) is 6.19. The Balaban J connectivity index is 1.89. The van der Waals surface area contributed by atoms with Crippen LogP contribution in [0, 0.1) is 5.92 Å². The van der Waals surface area contributed by atoms with Crippen molar-refractivity contribution in [2.75, 3.05) is 11.9 Å². The van der Waals surface area contributed by atoms with Crippen LogP contribution in [0.2, 0.25) is 0 Å². The highest BCUT2D eigenvalue weighted by molar-refractivity contribution is 7.92. The highest BCUT2D eigenvalue weighted by atomic mass is 32.2. The third kappa shape index (κ3) is 3.75. The van der Waals surface area contributed by atoms with E-state index in [1.54, 1.807) is 6.20 Å². The molecular weight excluding hydrogens is 429 g/mol. The Kier molecular flexibility index (Phi) is 5.61. The van der Waals surface area contributed by atoms with Crippen molar-refractivity contribution in [1.29, 1.82) is 0 Å². The molecule has 0 unspecified atom stereocenters. The second-order valence-corrected chi connectivity index (χ2v) is 10.1. The maximum Gasteiger partial charge on any atom is 0.501 e. The van der Waals surface area contributed by atoms with Gasteiger partial charge in [0.1, 0.15) is 0 Å². The van der Waals surface area contributed by atoms with Crippen molar-refractivity contribution in [3.63, 3.8) is 0 Å². The quantitative estimate of drug-likeness (QED) is 0.555. The van der Waals surface area contributed by atoms with Gasteiger partial charge in [-0.25, -0.2) is 18.1 Å². The summed E-state index contributed by atoms with van der Waals surface area (Å²) in [5.74, 6) is 0.497. The van der Waals surface area contributed by atoms with Crippen LogP contribution in [0.5, 0.6) is 0 Å². The van der Waals surface area contributed by atoms with E-state index in [4.69, 9.17) is 0 Å². The molecule has 2 heterocycles. The van der Waals surface area contributed by atoms with E-state index in [1.165, 1.54) is 25.3 Å². The lowest BCUT2D eigenvalue weighted by atomic mass is 9.84. The Hall–Kier alpha value is -2.36. The van der Waals surface area contributed by atoms with Gasteiger partial charge in [-0.15, -0.1) is 0 Å². The van der Waals surface area contributed by atoms with Gasteiger partial charge in [0.2, 0.25) is 0 Å². The van der Waals surface area contributed by atoms with Gasteiger partial charge in [-0.3, -0.25) is 0 Å². The smallest absolute Gasteiger partial charge is 0.384 e. The fraction of sp³-hybridized carbons (Fsp3) is 0.524. The molecule has 0 amide bonds. The number of pyridine rings is 1. The molecule has 1 aliphatic rings. The van der Waals surface area contributed by atoms with Gasteiger partial charge in [-0.2, -0.15) is 18.3 Å². The first kappa shape index (κ1) is 21.9. The summed E-state index contributed by atoms with van der Waals surface area (Å²) in [4.78, 5) is 3.87. The van der Waals surface area contributed by atoms with Gasteiger partial charge in [-0.05, 0) is 50.8 Å². The molecule has 1 aliphatic carbocycles. The largest absolute Gasteiger partial charge is 0.501 e. The average Bonchev–Trinajstić information content (AvgIpc) is 3.16. The van der Waals surface area contributed by atoms with E-state index < -0.39 is 20.2 Å². The standard InChI is InChI=1S/C21H25F3N4O2S/c1-3-25-19-16-11-15(31(29,30)21(22,23)24)9-10-18(16)27-20-17(19)12-26-28(20)13(2)14-7-5-4-6-8-14/h9-14H,3-8H2,1-2H3,(H,25,27)/t13-/m0/s1. The molecule has 2 aromatic heterocycles. The Bertz CT molecular complexity index is 1210. The van der Waals surface area contributed by atoms with Crippen molar-refractivity contribution >= 4 is 37.5 Å². The summed E-state index contributed by atoms with van der Waals surface area (Å²) < 4.78 is 64.9. The highest BCUT2D eigenvalue weighted by Crippen LogP contribution is 2.38. The fourth-order valence-corrected chi connectivity index (χ4v) is 5.29. The first-order chi connectivity index (χ1) is 14.6. The predicted octanol–water partition coefficient (Wildman–Crippen LogP) is 5.45. The molecule has 0 saturated heterocycles. The Morgan fingerprint density at radius 1 is 1.19 bits per heavy atom. The van der Waals surface area contributed by atoms with E-state index in [9.17, 15) is 21.6 Å². The molecular formula is C21H25F3N4O2S. The number of benzene rings is 1. The number of sulfone groups is 1. The van der Waals surface area contributed by atoms with Gasteiger partial charge in [0.05, 0.1) is 33.7 Å². The number of alkyl halides is 3. The summed E-state index contributed by atoms with van der Waals surface area (Å²) in [6, 6.07) is 3.48. The van der Waals surface area contributed by atoms with Crippen molar-refractivity contribution in [2.24, 2.45) is 5.92 Å². The lowest BCUT2D eigenvalue weighted by molar-refractivity contribution is -0.0435. The van der Waals surface area contributed by atoms with Crippen LogP contribution in [-0.4, -0.2) is 35.2 Å². The lowest BCUT2D eigenvalue weighted by Crippen LogP contribution is -2.23. The van der Waals surface area contributed by atoms with E-state index in [0.29, 0.717) is 40.1 Å². The topological polar surface area (TPSA) is 76.9 Å². The van der Waals surface area contributed by atoms with Crippen molar-refractivity contribution in [3.05, 3.63) is 24.4 Å². The molecule has 4 rings (SSSR count). The Morgan fingerprint density at radius 2 is 1.90 bits per heavy atom. The average molecular weight is 455 g/mol. The molecule has 1 saturated carbocycles. The molecule has 1 atom stereocenters. The normalized spacial score (nSPS) is 17.3. The number of hydrogen-bond donors (Lipinski definition) is 1. The molecule has 0 radical (unpaired) electrons. The molecule has 1 aromatic carbocycles. The molecule has 0 aliphatic heterocycles. The van der Waals surface area contributed by atoms with E-state index in [2.05, 4.69) is 22.3 Å². The van der Waals surface area contributed by atoms with Crippen LogP contribution in [0.25, 0.3) is 21.9 Å². The summed E-state index contributed by atoms with van der Waals surface area (Å²) in [7, 11) is -5.45. The van der Waals surface area contributed by atoms with Crippen LogP contribution in [-0.2, 0) is 9.84 Å². The van der Waals surface area contributed by atoms with E-state index in [1.807, 2.05) is 11.6 Å². The summed E-state index contributed by atoms with van der Waals surface area (Å²) in [6.45, 7) is 4.50. The van der Waals surface area contributed by atoms with Crippen LogP contribution in [0.15, 0.2) is 29.3 Å². The number of nitrogens with one attached hydrogen (secondary N) is 1. The molecule has 3 aromatic rings. The highest BCUT2D eigenvalue weighted by Gasteiger charge is 2.47. The minimum atomic E-state index is -5.45. The maximum atomic E-state index is 13.1. The first-order valence-corrected chi connectivity index (χ1v) is 12.0. The zero-order valence-corrected chi connectivity index (χ0v) is 18.2. The van der Waals surface area contributed by atoms with Gasteiger partial charge >= 0.3 is 5.51 Å². The number of anilines is 1. The summed E-state index contributed by atoms with van der Waals surface area (Å²) in [5, 5.41) is 8.73. The minimum absolute atomic E-state index is 0.141. The second-order valence-electron chi connectivity index (χ2n) is 8.11. The number of aromatic nitrogens is 3. The van der Waals surface area contributed by atoms with E-state index >= 15 is 0 Å². The zero-order chi connectivity index (χ0) is 22.4. The third-order valence-corrected chi connectivity index (χ3v) is 7.67. The molecule has 31 heavy (non-hydrogen) atoms. The van der Waals surface area contributed by atoms with Gasteiger partial charge < -0.3 is 5.32 Å².